The second-order valence-electron chi connectivity index (χ2n) is 4.69. The molecule has 0 unspecified atom stereocenters. The number of aryl methyl sites for hydroxylation is 1. The minimum atomic E-state index is -1.07. The van der Waals surface area contributed by atoms with Crippen LogP contribution in [0.3, 0.4) is 0 Å². The van der Waals surface area contributed by atoms with Crippen molar-refractivity contribution in [1.82, 2.24) is 0 Å². The van der Waals surface area contributed by atoms with E-state index < -0.39 is 12.1 Å². The summed E-state index contributed by atoms with van der Waals surface area (Å²) in [6.07, 6.45) is -0.115. The molecule has 0 saturated carbocycles. The van der Waals surface area contributed by atoms with Gasteiger partial charge in [-0.2, -0.15) is 0 Å². The maximum absolute atomic E-state index is 11.8. The fourth-order valence-corrected chi connectivity index (χ4v) is 2.12. The normalized spacial score (nSPS) is 10.0. The highest BCUT2D eigenvalue weighted by Crippen LogP contribution is 2.21. The van der Waals surface area contributed by atoms with E-state index in [1.807, 2.05) is 37.3 Å². The largest absolute Gasteiger partial charge is 0.478 e. The van der Waals surface area contributed by atoms with Crippen molar-refractivity contribution < 1.29 is 19.4 Å². The first-order valence-electron chi connectivity index (χ1n) is 6.94. The van der Waals surface area contributed by atoms with Gasteiger partial charge in [-0.05, 0) is 23.6 Å². The maximum Gasteiger partial charge on any atom is 0.411 e. The van der Waals surface area contributed by atoms with Gasteiger partial charge in [-0.25, -0.2) is 9.59 Å². The summed E-state index contributed by atoms with van der Waals surface area (Å²) in [7, 11) is 0. The third kappa shape index (κ3) is 3.85. The minimum absolute atomic E-state index is 0.0988. The second kappa shape index (κ2) is 7.26. The molecule has 0 aliphatic rings. The van der Waals surface area contributed by atoms with Gasteiger partial charge in [0.1, 0.15) is 6.61 Å². The first-order valence-corrected chi connectivity index (χ1v) is 6.94. The van der Waals surface area contributed by atoms with E-state index in [-0.39, 0.29) is 17.9 Å². The highest BCUT2D eigenvalue weighted by Gasteiger charge is 2.16. The Balaban J connectivity index is 2.07. The number of rotatable bonds is 5. The highest BCUT2D eigenvalue weighted by atomic mass is 16.5. The summed E-state index contributed by atoms with van der Waals surface area (Å²) in [5.74, 6) is -1.07. The minimum Gasteiger partial charge on any atom is -0.478 e. The van der Waals surface area contributed by atoms with Crippen molar-refractivity contribution in [3.05, 3.63) is 65.2 Å². The monoisotopic (exact) mass is 299 g/mol. The summed E-state index contributed by atoms with van der Waals surface area (Å²) in [5, 5.41) is 11.8. The van der Waals surface area contributed by atoms with Gasteiger partial charge >= 0.3 is 12.1 Å². The molecule has 0 aromatic heterocycles. The Bertz CT molecular complexity index is 668. The SMILES string of the molecule is CCc1cccc(NC(=O)OCc2ccccc2)c1C(=O)O. The third-order valence-corrected chi connectivity index (χ3v) is 3.20. The average Bonchev–Trinajstić information content (AvgIpc) is 2.53. The molecule has 5 heteroatoms. The van der Waals surface area contributed by atoms with Crippen molar-refractivity contribution in [2.75, 3.05) is 5.32 Å². The van der Waals surface area contributed by atoms with Crippen LogP contribution in [0.15, 0.2) is 48.5 Å². The van der Waals surface area contributed by atoms with Crippen LogP contribution < -0.4 is 5.32 Å². The fraction of sp³-hybridized carbons (Fsp3) is 0.176. The Morgan fingerprint density at radius 1 is 1.09 bits per heavy atom. The smallest absolute Gasteiger partial charge is 0.411 e. The van der Waals surface area contributed by atoms with E-state index in [0.717, 1.165) is 5.56 Å². The number of carbonyl (C=O) groups excluding carboxylic acids is 1. The Hall–Kier alpha value is -2.82. The van der Waals surface area contributed by atoms with Crippen LogP contribution in [0, 0.1) is 0 Å². The molecular weight excluding hydrogens is 282 g/mol. The molecule has 0 saturated heterocycles. The lowest BCUT2D eigenvalue weighted by Gasteiger charge is -2.12. The molecule has 22 heavy (non-hydrogen) atoms. The number of carboxylic acids is 1. The lowest BCUT2D eigenvalue weighted by molar-refractivity contribution is 0.0697. The van der Waals surface area contributed by atoms with Crippen molar-refractivity contribution >= 4 is 17.7 Å². The molecule has 1 amide bonds. The van der Waals surface area contributed by atoms with E-state index in [1.165, 1.54) is 0 Å². The van der Waals surface area contributed by atoms with Crippen molar-refractivity contribution in [3.8, 4) is 0 Å². The van der Waals surface area contributed by atoms with Crippen molar-refractivity contribution in [3.63, 3.8) is 0 Å². The number of nitrogens with one attached hydrogen (secondary N) is 1. The topological polar surface area (TPSA) is 75.6 Å². The molecule has 0 atom stereocenters. The summed E-state index contributed by atoms with van der Waals surface area (Å²) < 4.78 is 5.10. The number of carboxylic acid groups (broad SMARTS) is 1. The van der Waals surface area contributed by atoms with E-state index >= 15 is 0 Å². The van der Waals surface area contributed by atoms with Crippen LogP contribution in [-0.2, 0) is 17.8 Å². The van der Waals surface area contributed by atoms with E-state index in [1.54, 1.807) is 18.2 Å². The number of carbonyl (C=O) groups is 2. The van der Waals surface area contributed by atoms with E-state index in [9.17, 15) is 14.7 Å². The predicted molar refractivity (Wildman–Crippen MR) is 83.0 cm³/mol. The van der Waals surface area contributed by atoms with Gasteiger partial charge < -0.3 is 9.84 Å². The number of anilines is 1. The van der Waals surface area contributed by atoms with Gasteiger partial charge in [0.25, 0.3) is 0 Å². The van der Waals surface area contributed by atoms with E-state index in [2.05, 4.69) is 5.32 Å². The molecule has 0 bridgehead atoms. The van der Waals surface area contributed by atoms with Crippen LogP contribution in [0.4, 0.5) is 10.5 Å². The summed E-state index contributed by atoms with van der Waals surface area (Å²) in [6.45, 7) is 1.99. The van der Waals surface area contributed by atoms with Gasteiger partial charge in [0.05, 0.1) is 11.3 Å². The number of aromatic carboxylic acids is 1. The molecule has 5 nitrogen and oxygen atoms in total. The van der Waals surface area contributed by atoms with E-state index in [4.69, 9.17) is 4.74 Å². The van der Waals surface area contributed by atoms with Crippen LogP contribution in [0.1, 0.15) is 28.4 Å². The molecule has 114 valence electrons. The van der Waals surface area contributed by atoms with Gasteiger partial charge in [-0.1, -0.05) is 49.4 Å². The predicted octanol–water partition coefficient (Wildman–Crippen LogP) is 3.70. The maximum atomic E-state index is 11.8. The number of amides is 1. The number of ether oxygens (including phenoxy) is 1. The Labute approximate surface area is 128 Å². The molecule has 0 fully saturated rings. The zero-order valence-corrected chi connectivity index (χ0v) is 12.2. The molecule has 2 N–H and O–H groups in total. The van der Waals surface area contributed by atoms with E-state index in [0.29, 0.717) is 12.0 Å². The van der Waals surface area contributed by atoms with Gasteiger partial charge in [-0.3, -0.25) is 5.32 Å². The average molecular weight is 299 g/mol. The third-order valence-electron chi connectivity index (χ3n) is 3.20. The van der Waals surface area contributed by atoms with Gasteiger partial charge in [0, 0.05) is 0 Å². The molecule has 2 aromatic carbocycles. The Kier molecular flexibility index (Phi) is 5.14. The first-order chi connectivity index (χ1) is 10.6. The highest BCUT2D eigenvalue weighted by molar-refractivity contribution is 6.00. The quantitative estimate of drug-likeness (QED) is 0.882. The lowest BCUT2D eigenvalue weighted by atomic mass is 10.0. The van der Waals surface area contributed by atoms with Crippen molar-refractivity contribution in [1.29, 1.82) is 0 Å². The molecule has 0 spiro atoms. The molecule has 0 radical (unpaired) electrons. The molecule has 2 rings (SSSR count). The fourth-order valence-electron chi connectivity index (χ4n) is 2.12. The van der Waals surface area contributed by atoms with Crippen LogP contribution in [0.5, 0.6) is 0 Å². The lowest BCUT2D eigenvalue weighted by Crippen LogP contribution is -2.17. The molecule has 2 aromatic rings. The van der Waals surface area contributed by atoms with Crippen LogP contribution in [0.2, 0.25) is 0 Å². The van der Waals surface area contributed by atoms with Crippen molar-refractivity contribution in [2.45, 2.75) is 20.0 Å². The summed E-state index contributed by atoms with van der Waals surface area (Å²) >= 11 is 0. The van der Waals surface area contributed by atoms with Crippen LogP contribution >= 0.6 is 0 Å². The standard InChI is InChI=1S/C17H17NO4/c1-2-13-9-6-10-14(15(13)16(19)20)18-17(21)22-11-12-7-4-3-5-8-12/h3-10H,2,11H2,1H3,(H,18,21)(H,19,20). The number of hydrogen-bond donors (Lipinski definition) is 2. The van der Waals surface area contributed by atoms with Crippen LogP contribution in [-0.4, -0.2) is 17.2 Å². The zero-order chi connectivity index (χ0) is 15.9. The molecule has 0 heterocycles. The number of hydrogen-bond acceptors (Lipinski definition) is 3. The Morgan fingerprint density at radius 2 is 1.82 bits per heavy atom. The Morgan fingerprint density at radius 3 is 2.45 bits per heavy atom. The van der Waals surface area contributed by atoms with Crippen LogP contribution in [0.25, 0.3) is 0 Å². The molecule has 0 aliphatic heterocycles. The van der Waals surface area contributed by atoms with Gasteiger partial charge in [-0.15, -0.1) is 0 Å². The molecular formula is C17H17NO4. The second-order valence-corrected chi connectivity index (χ2v) is 4.69. The molecule has 0 aliphatic carbocycles. The van der Waals surface area contributed by atoms with Gasteiger partial charge in [0.2, 0.25) is 0 Å². The summed E-state index contributed by atoms with van der Waals surface area (Å²) in [5.41, 5.74) is 1.86. The number of benzene rings is 2. The summed E-state index contributed by atoms with van der Waals surface area (Å²) in [6, 6.07) is 14.2. The van der Waals surface area contributed by atoms with Gasteiger partial charge in [0.15, 0.2) is 0 Å². The summed E-state index contributed by atoms with van der Waals surface area (Å²) in [4.78, 5) is 23.2. The zero-order valence-electron chi connectivity index (χ0n) is 12.2. The van der Waals surface area contributed by atoms with Crippen molar-refractivity contribution in [2.24, 2.45) is 0 Å². The first kappa shape index (κ1) is 15.6.